The molecule has 0 bridgehead atoms. The Balaban J connectivity index is 1.91. The molecule has 0 saturated carbocycles. The Morgan fingerprint density at radius 1 is 1.18 bits per heavy atom. The zero-order chi connectivity index (χ0) is 11.7. The molecule has 1 aromatic rings. The van der Waals surface area contributed by atoms with E-state index in [1.807, 2.05) is 24.3 Å². The highest BCUT2D eigenvalue weighted by atomic mass is 16.5. The van der Waals surface area contributed by atoms with Crippen LogP contribution in [-0.2, 0) is 4.74 Å². The maximum Gasteiger partial charge on any atom is 0.125 e. The maximum absolute atomic E-state index is 10.2. The van der Waals surface area contributed by atoms with Crippen molar-refractivity contribution in [1.82, 2.24) is 0 Å². The molecule has 17 heavy (non-hydrogen) atoms. The van der Waals surface area contributed by atoms with Gasteiger partial charge < -0.3 is 14.6 Å². The van der Waals surface area contributed by atoms with E-state index >= 15 is 0 Å². The second-order valence-corrected chi connectivity index (χ2v) is 5.01. The van der Waals surface area contributed by atoms with E-state index in [1.165, 1.54) is 0 Å². The molecule has 2 heterocycles. The van der Waals surface area contributed by atoms with E-state index in [2.05, 4.69) is 0 Å². The van der Waals surface area contributed by atoms with Gasteiger partial charge in [0.15, 0.2) is 0 Å². The van der Waals surface area contributed by atoms with Crippen molar-refractivity contribution in [3.8, 4) is 5.75 Å². The molecule has 1 spiro atoms. The molecule has 3 rings (SSSR count). The van der Waals surface area contributed by atoms with Crippen LogP contribution in [0.2, 0.25) is 0 Å². The SMILES string of the molecule is OC1CC2(CCCOCC2)Oc2ccccc21. The van der Waals surface area contributed by atoms with E-state index in [-0.39, 0.29) is 5.60 Å². The van der Waals surface area contributed by atoms with Gasteiger partial charge in [-0.15, -0.1) is 0 Å². The van der Waals surface area contributed by atoms with Crippen LogP contribution in [0.5, 0.6) is 5.75 Å². The van der Waals surface area contributed by atoms with E-state index < -0.39 is 6.10 Å². The summed E-state index contributed by atoms with van der Waals surface area (Å²) in [5, 5.41) is 10.2. The third-order valence-corrected chi connectivity index (χ3v) is 3.79. The number of para-hydroxylation sites is 1. The smallest absolute Gasteiger partial charge is 0.125 e. The van der Waals surface area contributed by atoms with E-state index in [0.717, 1.165) is 43.8 Å². The summed E-state index contributed by atoms with van der Waals surface area (Å²) in [6.07, 6.45) is 3.14. The molecule has 1 N–H and O–H groups in total. The molecule has 0 aromatic heterocycles. The lowest BCUT2D eigenvalue weighted by Crippen LogP contribution is -2.41. The fourth-order valence-corrected chi connectivity index (χ4v) is 2.87. The Labute approximate surface area is 101 Å². The topological polar surface area (TPSA) is 38.7 Å². The summed E-state index contributed by atoms with van der Waals surface area (Å²) >= 11 is 0. The second-order valence-electron chi connectivity index (χ2n) is 5.01. The van der Waals surface area contributed by atoms with Crippen molar-refractivity contribution in [3.05, 3.63) is 29.8 Å². The summed E-state index contributed by atoms with van der Waals surface area (Å²) in [6.45, 7) is 1.54. The Kier molecular flexibility index (Phi) is 2.81. The monoisotopic (exact) mass is 234 g/mol. The van der Waals surface area contributed by atoms with Gasteiger partial charge in [0.05, 0.1) is 12.7 Å². The molecular weight excluding hydrogens is 216 g/mol. The molecule has 0 aliphatic carbocycles. The molecule has 1 aromatic carbocycles. The van der Waals surface area contributed by atoms with Crippen molar-refractivity contribution in [2.45, 2.75) is 37.4 Å². The molecule has 0 amide bonds. The summed E-state index contributed by atoms with van der Waals surface area (Å²) in [5.41, 5.74) is 0.702. The predicted molar refractivity (Wildman–Crippen MR) is 64.0 cm³/mol. The van der Waals surface area contributed by atoms with Gasteiger partial charge in [0.25, 0.3) is 0 Å². The first-order valence-electron chi connectivity index (χ1n) is 6.33. The van der Waals surface area contributed by atoms with Crippen molar-refractivity contribution in [3.63, 3.8) is 0 Å². The first-order valence-corrected chi connectivity index (χ1v) is 6.33. The van der Waals surface area contributed by atoms with Crippen LogP contribution in [0, 0.1) is 0 Å². The third kappa shape index (κ3) is 2.05. The lowest BCUT2D eigenvalue weighted by Gasteiger charge is -2.40. The van der Waals surface area contributed by atoms with Crippen LogP contribution in [-0.4, -0.2) is 23.9 Å². The Bertz CT molecular complexity index is 394. The van der Waals surface area contributed by atoms with Crippen LogP contribution in [0.3, 0.4) is 0 Å². The van der Waals surface area contributed by atoms with E-state index in [4.69, 9.17) is 9.47 Å². The minimum Gasteiger partial charge on any atom is -0.487 e. The Morgan fingerprint density at radius 3 is 3.00 bits per heavy atom. The minimum atomic E-state index is -0.405. The molecule has 0 radical (unpaired) electrons. The molecule has 92 valence electrons. The highest BCUT2D eigenvalue weighted by molar-refractivity contribution is 5.38. The van der Waals surface area contributed by atoms with Crippen LogP contribution in [0.25, 0.3) is 0 Å². The molecule has 2 atom stereocenters. The average Bonchev–Trinajstić information content (AvgIpc) is 2.55. The van der Waals surface area contributed by atoms with Gasteiger partial charge in [-0.05, 0) is 18.9 Å². The molecule has 2 aliphatic rings. The number of rotatable bonds is 0. The standard InChI is InChI=1S/C14H18O3/c15-12-10-14(6-3-8-16-9-7-14)17-13-5-2-1-4-11(12)13/h1-2,4-5,12,15H,3,6-10H2. The first-order chi connectivity index (χ1) is 8.29. The lowest BCUT2D eigenvalue weighted by molar-refractivity contribution is -0.0271. The van der Waals surface area contributed by atoms with Crippen LogP contribution in [0.15, 0.2) is 24.3 Å². The molecule has 1 fully saturated rings. The highest BCUT2D eigenvalue weighted by Crippen LogP contribution is 2.43. The maximum atomic E-state index is 10.2. The number of aliphatic hydroxyl groups is 1. The molecule has 3 nitrogen and oxygen atoms in total. The largest absolute Gasteiger partial charge is 0.487 e. The third-order valence-electron chi connectivity index (χ3n) is 3.79. The highest BCUT2D eigenvalue weighted by Gasteiger charge is 2.40. The fourth-order valence-electron chi connectivity index (χ4n) is 2.87. The Hall–Kier alpha value is -1.06. The van der Waals surface area contributed by atoms with Crippen molar-refractivity contribution >= 4 is 0 Å². The summed E-state index contributed by atoms with van der Waals surface area (Å²) in [6, 6.07) is 7.79. The molecule has 3 heteroatoms. The first kappa shape index (κ1) is 11.1. The number of ether oxygens (including phenoxy) is 2. The molecule has 2 aliphatic heterocycles. The van der Waals surface area contributed by atoms with E-state index in [9.17, 15) is 5.11 Å². The zero-order valence-electron chi connectivity index (χ0n) is 9.89. The van der Waals surface area contributed by atoms with Gasteiger partial charge in [-0.3, -0.25) is 0 Å². The van der Waals surface area contributed by atoms with Crippen molar-refractivity contribution in [2.24, 2.45) is 0 Å². The number of benzene rings is 1. The molecule has 1 saturated heterocycles. The fraction of sp³-hybridized carbons (Fsp3) is 0.571. The van der Waals surface area contributed by atoms with Crippen LogP contribution in [0.1, 0.15) is 37.4 Å². The minimum absolute atomic E-state index is 0.218. The van der Waals surface area contributed by atoms with Gasteiger partial charge in [-0.2, -0.15) is 0 Å². The number of hydrogen-bond donors (Lipinski definition) is 1. The van der Waals surface area contributed by atoms with E-state index in [1.54, 1.807) is 0 Å². The lowest BCUT2D eigenvalue weighted by atomic mass is 9.83. The van der Waals surface area contributed by atoms with Gasteiger partial charge in [0, 0.05) is 25.0 Å². The van der Waals surface area contributed by atoms with Gasteiger partial charge in [-0.25, -0.2) is 0 Å². The Morgan fingerprint density at radius 2 is 2.06 bits per heavy atom. The average molecular weight is 234 g/mol. The van der Waals surface area contributed by atoms with Crippen molar-refractivity contribution in [1.29, 1.82) is 0 Å². The summed E-state index contributed by atoms with van der Waals surface area (Å²) in [4.78, 5) is 0. The van der Waals surface area contributed by atoms with E-state index in [0.29, 0.717) is 6.42 Å². The second kappa shape index (κ2) is 4.31. The summed E-state index contributed by atoms with van der Waals surface area (Å²) in [7, 11) is 0. The van der Waals surface area contributed by atoms with Gasteiger partial charge >= 0.3 is 0 Å². The summed E-state index contributed by atoms with van der Waals surface area (Å²) < 4.78 is 11.7. The number of fused-ring (bicyclic) bond motifs is 1. The van der Waals surface area contributed by atoms with Crippen LogP contribution < -0.4 is 4.74 Å². The zero-order valence-corrected chi connectivity index (χ0v) is 9.89. The van der Waals surface area contributed by atoms with Crippen LogP contribution in [0.4, 0.5) is 0 Å². The van der Waals surface area contributed by atoms with Crippen molar-refractivity contribution in [2.75, 3.05) is 13.2 Å². The van der Waals surface area contributed by atoms with Crippen LogP contribution >= 0.6 is 0 Å². The number of aliphatic hydroxyl groups excluding tert-OH is 1. The molecular formula is C14H18O3. The van der Waals surface area contributed by atoms with Gasteiger partial charge in [-0.1, -0.05) is 18.2 Å². The van der Waals surface area contributed by atoms with Gasteiger partial charge in [0.1, 0.15) is 11.4 Å². The summed E-state index contributed by atoms with van der Waals surface area (Å²) in [5.74, 6) is 0.841. The predicted octanol–water partition coefficient (Wildman–Crippen LogP) is 2.44. The molecule has 2 unspecified atom stereocenters. The number of hydrogen-bond acceptors (Lipinski definition) is 3. The van der Waals surface area contributed by atoms with Gasteiger partial charge in [0.2, 0.25) is 0 Å². The quantitative estimate of drug-likeness (QED) is 0.749. The van der Waals surface area contributed by atoms with Crippen molar-refractivity contribution < 1.29 is 14.6 Å². The normalized spacial score (nSPS) is 32.6.